The van der Waals surface area contributed by atoms with Crippen LogP contribution in [-0.2, 0) is 6.42 Å². The molecule has 0 fully saturated rings. The maximum Gasteiger partial charge on any atom is 0.254 e. The zero-order chi connectivity index (χ0) is 14.8. The van der Waals surface area contributed by atoms with Gasteiger partial charge in [-0.25, -0.2) is 4.98 Å². The van der Waals surface area contributed by atoms with Crippen LogP contribution in [0.5, 0.6) is 0 Å². The van der Waals surface area contributed by atoms with Gasteiger partial charge in [-0.2, -0.15) is 0 Å². The lowest BCUT2D eigenvalue weighted by Gasteiger charge is -2.07. The molecule has 0 atom stereocenters. The summed E-state index contributed by atoms with van der Waals surface area (Å²) < 4.78 is 0. The van der Waals surface area contributed by atoms with E-state index in [-0.39, 0.29) is 5.56 Å². The van der Waals surface area contributed by atoms with Crippen molar-refractivity contribution in [2.24, 2.45) is 0 Å². The van der Waals surface area contributed by atoms with Crippen molar-refractivity contribution in [1.29, 1.82) is 0 Å². The summed E-state index contributed by atoms with van der Waals surface area (Å²) in [5.74, 6) is 0. The molecule has 21 heavy (non-hydrogen) atoms. The third-order valence-corrected chi connectivity index (χ3v) is 4.19. The first-order chi connectivity index (χ1) is 10.2. The zero-order valence-corrected chi connectivity index (χ0v) is 12.8. The Morgan fingerprint density at radius 2 is 1.90 bits per heavy atom. The molecule has 3 rings (SSSR count). The number of nitrogens with zero attached hydrogens (tertiary/aromatic N) is 1. The van der Waals surface area contributed by atoms with E-state index in [9.17, 15) is 4.79 Å². The third kappa shape index (κ3) is 2.85. The molecule has 2 aromatic carbocycles. The topological polar surface area (TPSA) is 45.8 Å². The third-order valence-electron chi connectivity index (χ3n) is 3.61. The standard InChI is InChI=1S/C17H16N2OS/c1-11-15(18-17(21-2)19-16(11)20)10-12-7-8-13-5-3-4-6-14(13)9-12/h3-9H,10H2,1-2H3,(H,18,19,20). The molecule has 1 heterocycles. The molecule has 0 spiro atoms. The molecular weight excluding hydrogens is 280 g/mol. The number of thioether (sulfide) groups is 1. The van der Waals surface area contributed by atoms with Crippen molar-refractivity contribution >= 4 is 22.5 Å². The van der Waals surface area contributed by atoms with Crippen LogP contribution in [0.4, 0.5) is 0 Å². The number of nitrogens with one attached hydrogen (secondary N) is 1. The second-order valence-electron chi connectivity index (χ2n) is 5.01. The number of hydrogen-bond donors (Lipinski definition) is 1. The summed E-state index contributed by atoms with van der Waals surface area (Å²) in [4.78, 5) is 19.2. The quantitative estimate of drug-likeness (QED) is 0.594. The van der Waals surface area contributed by atoms with Crippen molar-refractivity contribution in [2.45, 2.75) is 18.5 Å². The Morgan fingerprint density at radius 1 is 1.14 bits per heavy atom. The van der Waals surface area contributed by atoms with E-state index in [0.717, 1.165) is 5.69 Å². The van der Waals surface area contributed by atoms with Gasteiger partial charge in [-0.1, -0.05) is 54.2 Å². The van der Waals surface area contributed by atoms with E-state index in [1.807, 2.05) is 25.3 Å². The minimum absolute atomic E-state index is 0.0508. The zero-order valence-electron chi connectivity index (χ0n) is 12.0. The van der Waals surface area contributed by atoms with Gasteiger partial charge in [0.1, 0.15) is 0 Å². The fraction of sp³-hybridized carbons (Fsp3) is 0.176. The van der Waals surface area contributed by atoms with E-state index in [0.29, 0.717) is 17.1 Å². The molecule has 1 N–H and O–H groups in total. The smallest absolute Gasteiger partial charge is 0.254 e. The summed E-state index contributed by atoms with van der Waals surface area (Å²) in [7, 11) is 0. The molecular formula is C17H16N2OS. The fourth-order valence-corrected chi connectivity index (χ4v) is 2.76. The number of H-pyrrole nitrogens is 1. The van der Waals surface area contributed by atoms with Gasteiger partial charge in [0.15, 0.2) is 5.16 Å². The first kappa shape index (κ1) is 13.9. The van der Waals surface area contributed by atoms with E-state index in [1.165, 1.54) is 28.1 Å². The van der Waals surface area contributed by atoms with E-state index >= 15 is 0 Å². The highest BCUT2D eigenvalue weighted by Gasteiger charge is 2.08. The average molecular weight is 296 g/mol. The van der Waals surface area contributed by atoms with Crippen LogP contribution >= 0.6 is 11.8 Å². The Bertz CT molecular complexity index is 855. The second kappa shape index (κ2) is 5.74. The molecule has 0 bridgehead atoms. The minimum Gasteiger partial charge on any atom is -0.301 e. The van der Waals surface area contributed by atoms with E-state index in [2.05, 4.69) is 40.3 Å². The van der Waals surface area contributed by atoms with Gasteiger partial charge in [-0.05, 0) is 29.5 Å². The van der Waals surface area contributed by atoms with Gasteiger partial charge in [0.25, 0.3) is 5.56 Å². The summed E-state index contributed by atoms with van der Waals surface area (Å²) >= 11 is 1.45. The molecule has 106 valence electrons. The molecule has 0 aliphatic carbocycles. The SMILES string of the molecule is CSc1nc(Cc2ccc3ccccc3c2)c(C)c(=O)[nH]1. The summed E-state index contributed by atoms with van der Waals surface area (Å²) in [6, 6.07) is 14.7. The van der Waals surface area contributed by atoms with Gasteiger partial charge >= 0.3 is 0 Å². The lowest BCUT2D eigenvalue weighted by atomic mass is 10.0. The molecule has 0 unspecified atom stereocenters. The maximum absolute atomic E-state index is 11.9. The van der Waals surface area contributed by atoms with Crippen LogP contribution in [0.2, 0.25) is 0 Å². The molecule has 1 aromatic heterocycles. The number of aromatic nitrogens is 2. The van der Waals surface area contributed by atoms with Gasteiger partial charge in [-0.3, -0.25) is 4.79 Å². The molecule has 0 saturated heterocycles. The summed E-state index contributed by atoms with van der Waals surface area (Å²) in [6.07, 6.45) is 2.58. The van der Waals surface area contributed by atoms with Gasteiger partial charge in [0.2, 0.25) is 0 Å². The van der Waals surface area contributed by atoms with Crippen molar-refractivity contribution < 1.29 is 0 Å². The van der Waals surface area contributed by atoms with Gasteiger partial charge < -0.3 is 4.98 Å². The van der Waals surface area contributed by atoms with Crippen LogP contribution in [-0.4, -0.2) is 16.2 Å². The Kier molecular flexibility index (Phi) is 3.80. The van der Waals surface area contributed by atoms with E-state index in [4.69, 9.17) is 0 Å². The van der Waals surface area contributed by atoms with Gasteiger partial charge in [0.05, 0.1) is 5.69 Å². The molecule has 0 amide bonds. The van der Waals surface area contributed by atoms with Crippen molar-refractivity contribution in [2.75, 3.05) is 6.26 Å². The molecule has 0 saturated carbocycles. The highest BCUT2D eigenvalue weighted by atomic mass is 32.2. The number of rotatable bonds is 3. The number of hydrogen-bond acceptors (Lipinski definition) is 3. The molecule has 3 nitrogen and oxygen atoms in total. The second-order valence-corrected chi connectivity index (χ2v) is 5.80. The van der Waals surface area contributed by atoms with Crippen LogP contribution in [0, 0.1) is 6.92 Å². The lowest BCUT2D eigenvalue weighted by Crippen LogP contribution is -2.16. The van der Waals surface area contributed by atoms with Crippen LogP contribution in [0.3, 0.4) is 0 Å². The van der Waals surface area contributed by atoms with Crippen LogP contribution < -0.4 is 5.56 Å². The van der Waals surface area contributed by atoms with Crippen LogP contribution in [0.1, 0.15) is 16.8 Å². The predicted octanol–water partition coefficient (Wildman–Crippen LogP) is 3.54. The Morgan fingerprint density at radius 3 is 2.67 bits per heavy atom. The molecule has 3 aromatic rings. The molecule has 0 aliphatic rings. The van der Waals surface area contributed by atoms with Crippen molar-refractivity contribution in [1.82, 2.24) is 9.97 Å². The highest BCUT2D eigenvalue weighted by molar-refractivity contribution is 7.98. The average Bonchev–Trinajstić information content (AvgIpc) is 2.51. The number of fused-ring (bicyclic) bond motifs is 1. The first-order valence-corrected chi connectivity index (χ1v) is 8.01. The maximum atomic E-state index is 11.9. The highest BCUT2D eigenvalue weighted by Crippen LogP contribution is 2.18. The van der Waals surface area contributed by atoms with E-state index in [1.54, 1.807) is 0 Å². The van der Waals surface area contributed by atoms with Gasteiger partial charge in [0, 0.05) is 12.0 Å². The summed E-state index contributed by atoms with van der Waals surface area (Å²) in [5, 5.41) is 3.10. The Hall–Kier alpha value is -2.07. The first-order valence-electron chi connectivity index (χ1n) is 6.79. The van der Waals surface area contributed by atoms with Crippen molar-refractivity contribution in [3.05, 3.63) is 69.6 Å². The Labute approximate surface area is 127 Å². The van der Waals surface area contributed by atoms with E-state index < -0.39 is 0 Å². The molecule has 0 aliphatic heterocycles. The van der Waals surface area contributed by atoms with Gasteiger partial charge in [-0.15, -0.1) is 0 Å². The molecule has 0 radical (unpaired) electrons. The Balaban J connectivity index is 2.02. The largest absolute Gasteiger partial charge is 0.301 e. The summed E-state index contributed by atoms with van der Waals surface area (Å²) in [6.45, 7) is 1.83. The van der Waals surface area contributed by atoms with Crippen LogP contribution in [0.25, 0.3) is 10.8 Å². The molecule has 4 heteroatoms. The van der Waals surface area contributed by atoms with Crippen molar-refractivity contribution in [3.63, 3.8) is 0 Å². The number of aromatic amines is 1. The fourth-order valence-electron chi connectivity index (χ4n) is 2.37. The summed E-state index contributed by atoms with van der Waals surface area (Å²) in [5.41, 5.74) is 2.66. The van der Waals surface area contributed by atoms with Crippen molar-refractivity contribution in [3.8, 4) is 0 Å². The predicted molar refractivity (Wildman–Crippen MR) is 88.1 cm³/mol. The minimum atomic E-state index is -0.0508. The monoisotopic (exact) mass is 296 g/mol. The number of benzene rings is 2. The normalized spacial score (nSPS) is 11.0. The van der Waals surface area contributed by atoms with Crippen LogP contribution in [0.15, 0.2) is 52.4 Å². The lowest BCUT2D eigenvalue weighted by molar-refractivity contribution is 0.860.